The Labute approximate surface area is 103 Å². The Kier molecular flexibility index (Phi) is 3.34. The van der Waals surface area contributed by atoms with Crippen LogP contribution in [-0.4, -0.2) is 0 Å². The van der Waals surface area contributed by atoms with Crippen molar-refractivity contribution in [1.29, 1.82) is 0 Å². The van der Waals surface area contributed by atoms with Gasteiger partial charge in [-0.3, -0.25) is 0 Å². The first kappa shape index (κ1) is 11.3. The summed E-state index contributed by atoms with van der Waals surface area (Å²) in [6.07, 6.45) is 3.34. The Bertz CT molecular complexity index is 452. The molecule has 0 aliphatic rings. The van der Waals surface area contributed by atoms with Crippen molar-refractivity contribution < 1.29 is 9.15 Å². The molecule has 0 N–H and O–H groups in total. The fraction of sp³-hybridized carbons (Fsp3) is 0.231. The lowest BCUT2D eigenvalue weighted by atomic mass is 10.1. The van der Waals surface area contributed by atoms with E-state index in [9.17, 15) is 0 Å². The molecule has 0 aliphatic carbocycles. The normalized spacial score (nSPS) is 10.4. The highest BCUT2D eigenvalue weighted by molar-refractivity contribution is 9.10. The van der Waals surface area contributed by atoms with E-state index in [1.807, 2.05) is 18.2 Å². The molecule has 1 aromatic carbocycles. The maximum absolute atomic E-state index is 5.69. The third-order valence-electron chi connectivity index (χ3n) is 2.40. The predicted octanol–water partition coefficient (Wildman–Crippen LogP) is 4.24. The first-order valence-electron chi connectivity index (χ1n) is 5.07. The summed E-state index contributed by atoms with van der Waals surface area (Å²) in [5, 5.41) is 0. The molecule has 0 spiro atoms. The summed E-state index contributed by atoms with van der Waals surface area (Å²) < 4.78 is 11.8. The van der Waals surface area contributed by atoms with Gasteiger partial charge >= 0.3 is 0 Å². The van der Waals surface area contributed by atoms with Crippen LogP contribution in [0.5, 0.6) is 5.75 Å². The van der Waals surface area contributed by atoms with Gasteiger partial charge in [0, 0.05) is 10.0 Å². The largest absolute Gasteiger partial charge is 0.489 e. The second-order valence-corrected chi connectivity index (χ2v) is 4.58. The molecule has 0 amide bonds. The van der Waals surface area contributed by atoms with Gasteiger partial charge in [-0.2, -0.15) is 0 Å². The predicted molar refractivity (Wildman–Crippen MR) is 66.7 cm³/mol. The fourth-order valence-electron chi connectivity index (χ4n) is 1.53. The van der Waals surface area contributed by atoms with Crippen LogP contribution in [0.25, 0.3) is 0 Å². The molecular weight excluding hydrogens is 268 g/mol. The number of furan rings is 1. The van der Waals surface area contributed by atoms with Crippen molar-refractivity contribution in [3.8, 4) is 5.75 Å². The number of benzene rings is 1. The monoisotopic (exact) mass is 280 g/mol. The highest BCUT2D eigenvalue weighted by Crippen LogP contribution is 2.26. The van der Waals surface area contributed by atoms with E-state index in [0.717, 1.165) is 15.8 Å². The van der Waals surface area contributed by atoms with Crippen LogP contribution < -0.4 is 4.74 Å². The van der Waals surface area contributed by atoms with Crippen LogP contribution in [-0.2, 0) is 6.61 Å². The van der Waals surface area contributed by atoms with E-state index >= 15 is 0 Å². The third kappa shape index (κ3) is 2.47. The second-order valence-electron chi connectivity index (χ2n) is 3.79. The van der Waals surface area contributed by atoms with E-state index in [1.54, 1.807) is 12.5 Å². The molecule has 2 rings (SSSR count). The Morgan fingerprint density at radius 2 is 1.94 bits per heavy atom. The summed E-state index contributed by atoms with van der Waals surface area (Å²) in [4.78, 5) is 0. The van der Waals surface area contributed by atoms with Crippen LogP contribution in [0.2, 0.25) is 0 Å². The molecule has 2 nitrogen and oxygen atoms in total. The molecule has 3 heteroatoms. The Morgan fingerprint density at radius 1 is 1.25 bits per heavy atom. The smallest absolute Gasteiger partial charge is 0.120 e. The average Bonchev–Trinajstić information content (AvgIpc) is 2.75. The Balaban J connectivity index is 2.10. The summed E-state index contributed by atoms with van der Waals surface area (Å²) >= 11 is 3.53. The Morgan fingerprint density at radius 3 is 2.50 bits per heavy atom. The zero-order chi connectivity index (χ0) is 11.5. The lowest BCUT2D eigenvalue weighted by molar-refractivity contribution is 0.304. The molecule has 0 saturated heterocycles. The van der Waals surface area contributed by atoms with Crippen molar-refractivity contribution in [1.82, 2.24) is 0 Å². The number of ether oxygens (including phenoxy) is 1. The second kappa shape index (κ2) is 4.74. The summed E-state index contributed by atoms with van der Waals surface area (Å²) in [5.41, 5.74) is 3.41. The minimum absolute atomic E-state index is 0.539. The van der Waals surface area contributed by atoms with Crippen LogP contribution in [0.3, 0.4) is 0 Å². The van der Waals surface area contributed by atoms with Gasteiger partial charge in [0.25, 0.3) is 0 Å². The summed E-state index contributed by atoms with van der Waals surface area (Å²) in [6.45, 7) is 4.65. The van der Waals surface area contributed by atoms with Gasteiger partial charge in [0.05, 0.1) is 12.5 Å². The minimum atomic E-state index is 0.539. The van der Waals surface area contributed by atoms with Gasteiger partial charge in [0.15, 0.2) is 0 Å². The first-order chi connectivity index (χ1) is 7.66. The standard InChI is InChI=1S/C13H13BrO2/c1-9-5-12(6-10(2)13(9)14)16-8-11-3-4-15-7-11/h3-7H,8H2,1-2H3. The van der Waals surface area contributed by atoms with E-state index in [4.69, 9.17) is 9.15 Å². The van der Waals surface area contributed by atoms with Crippen molar-refractivity contribution in [2.24, 2.45) is 0 Å². The molecule has 0 aliphatic heterocycles. The van der Waals surface area contributed by atoms with Gasteiger partial charge in [-0.1, -0.05) is 15.9 Å². The topological polar surface area (TPSA) is 22.4 Å². The van der Waals surface area contributed by atoms with Crippen LogP contribution in [0.15, 0.2) is 39.6 Å². The zero-order valence-corrected chi connectivity index (χ0v) is 10.9. The number of halogens is 1. The van der Waals surface area contributed by atoms with Crippen LogP contribution in [0, 0.1) is 13.8 Å². The SMILES string of the molecule is Cc1cc(OCc2ccoc2)cc(C)c1Br. The highest BCUT2D eigenvalue weighted by atomic mass is 79.9. The average molecular weight is 281 g/mol. The molecule has 1 heterocycles. The molecule has 0 fully saturated rings. The molecule has 0 bridgehead atoms. The van der Waals surface area contributed by atoms with Crippen molar-refractivity contribution >= 4 is 15.9 Å². The molecule has 16 heavy (non-hydrogen) atoms. The maximum Gasteiger partial charge on any atom is 0.120 e. The molecule has 0 radical (unpaired) electrons. The van der Waals surface area contributed by atoms with Crippen LogP contribution >= 0.6 is 15.9 Å². The summed E-state index contributed by atoms with van der Waals surface area (Å²) in [5.74, 6) is 0.888. The highest BCUT2D eigenvalue weighted by Gasteiger charge is 2.03. The van der Waals surface area contributed by atoms with Crippen LogP contribution in [0.1, 0.15) is 16.7 Å². The van der Waals surface area contributed by atoms with Gasteiger partial charge in [-0.25, -0.2) is 0 Å². The molecule has 2 aromatic rings. The van der Waals surface area contributed by atoms with E-state index in [0.29, 0.717) is 6.61 Å². The van der Waals surface area contributed by atoms with Gasteiger partial charge < -0.3 is 9.15 Å². The molecule has 1 aromatic heterocycles. The van der Waals surface area contributed by atoms with E-state index in [-0.39, 0.29) is 0 Å². The van der Waals surface area contributed by atoms with Gasteiger partial charge in [0.2, 0.25) is 0 Å². The number of hydrogen-bond donors (Lipinski definition) is 0. The molecule has 0 saturated carbocycles. The summed E-state index contributed by atoms with van der Waals surface area (Å²) in [6, 6.07) is 5.95. The first-order valence-corrected chi connectivity index (χ1v) is 5.87. The molecule has 84 valence electrons. The lowest BCUT2D eigenvalue weighted by Crippen LogP contribution is -1.95. The minimum Gasteiger partial charge on any atom is -0.489 e. The Hall–Kier alpha value is -1.22. The van der Waals surface area contributed by atoms with Crippen LogP contribution in [0.4, 0.5) is 0 Å². The quantitative estimate of drug-likeness (QED) is 0.839. The maximum atomic E-state index is 5.69. The van der Waals surface area contributed by atoms with Crippen molar-refractivity contribution in [2.75, 3.05) is 0 Å². The molecular formula is C13H13BrO2. The van der Waals surface area contributed by atoms with Crippen molar-refractivity contribution in [3.63, 3.8) is 0 Å². The molecule has 0 atom stereocenters. The fourth-order valence-corrected chi connectivity index (χ4v) is 1.76. The summed E-state index contributed by atoms with van der Waals surface area (Å²) in [7, 11) is 0. The zero-order valence-electron chi connectivity index (χ0n) is 9.29. The van der Waals surface area contributed by atoms with E-state index in [2.05, 4.69) is 29.8 Å². The van der Waals surface area contributed by atoms with Gasteiger partial charge in [0.1, 0.15) is 12.4 Å². The number of aryl methyl sites for hydroxylation is 2. The van der Waals surface area contributed by atoms with Crippen molar-refractivity contribution in [2.45, 2.75) is 20.5 Å². The van der Waals surface area contributed by atoms with Gasteiger partial charge in [-0.15, -0.1) is 0 Å². The van der Waals surface area contributed by atoms with Crippen molar-refractivity contribution in [3.05, 3.63) is 51.9 Å². The number of hydrogen-bond acceptors (Lipinski definition) is 2. The third-order valence-corrected chi connectivity index (χ3v) is 3.65. The van der Waals surface area contributed by atoms with E-state index < -0.39 is 0 Å². The molecule has 0 unspecified atom stereocenters. The number of rotatable bonds is 3. The lowest BCUT2D eigenvalue weighted by Gasteiger charge is -2.09. The van der Waals surface area contributed by atoms with Gasteiger partial charge in [-0.05, 0) is 43.2 Å². The van der Waals surface area contributed by atoms with E-state index in [1.165, 1.54) is 11.1 Å².